The summed E-state index contributed by atoms with van der Waals surface area (Å²) in [4.78, 5) is 13.9. The molecule has 0 fully saturated rings. The van der Waals surface area contributed by atoms with Gasteiger partial charge in [0.2, 0.25) is 0 Å². The second-order valence-electron chi connectivity index (χ2n) is 5.23. The summed E-state index contributed by atoms with van der Waals surface area (Å²) in [5.41, 5.74) is 3.30. The molecule has 0 radical (unpaired) electrons. The van der Waals surface area contributed by atoms with Crippen LogP contribution < -0.4 is 10.2 Å². The molecule has 2 aromatic rings. The fourth-order valence-electron chi connectivity index (χ4n) is 2.64. The van der Waals surface area contributed by atoms with Crippen molar-refractivity contribution in [2.24, 2.45) is 0 Å². The Kier molecular flexibility index (Phi) is 3.71. The van der Waals surface area contributed by atoms with Crippen LogP contribution in [0, 0.1) is 5.82 Å². The summed E-state index contributed by atoms with van der Waals surface area (Å²) < 4.78 is 13.8. The van der Waals surface area contributed by atoms with E-state index in [-0.39, 0.29) is 5.91 Å². The highest BCUT2D eigenvalue weighted by molar-refractivity contribution is 6.05. The number of carbonyl (C=O) groups is 1. The zero-order chi connectivity index (χ0) is 14.8. The van der Waals surface area contributed by atoms with Gasteiger partial charge in [-0.3, -0.25) is 4.79 Å². The second-order valence-corrected chi connectivity index (χ2v) is 5.23. The average Bonchev–Trinajstić information content (AvgIpc) is 2.53. The topological polar surface area (TPSA) is 32.3 Å². The third kappa shape index (κ3) is 2.67. The zero-order valence-corrected chi connectivity index (χ0v) is 11.9. The lowest BCUT2D eigenvalue weighted by atomic mass is 9.98. The molecule has 0 saturated heterocycles. The van der Waals surface area contributed by atoms with Gasteiger partial charge in [0.05, 0.1) is 5.69 Å². The van der Waals surface area contributed by atoms with E-state index in [2.05, 4.69) is 5.32 Å². The highest BCUT2D eigenvalue weighted by Gasteiger charge is 2.18. The third-order valence-electron chi connectivity index (χ3n) is 3.86. The number of para-hydroxylation sites is 1. The standard InChI is InChI=1S/C17H17FN2O/c1-20(16-5-3-2-4-15(16)18)17(21)13-7-6-12-8-9-19-11-14(12)10-13/h2-7,10,19H,8-9,11H2,1H3. The molecule has 4 heteroatoms. The van der Waals surface area contributed by atoms with E-state index in [1.807, 2.05) is 18.2 Å². The van der Waals surface area contributed by atoms with Crippen LogP contribution in [-0.4, -0.2) is 19.5 Å². The van der Waals surface area contributed by atoms with E-state index in [9.17, 15) is 9.18 Å². The van der Waals surface area contributed by atoms with Gasteiger partial charge in [-0.1, -0.05) is 18.2 Å². The van der Waals surface area contributed by atoms with Crippen molar-refractivity contribution >= 4 is 11.6 Å². The molecule has 0 spiro atoms. The van der Waals surface area contributed by atoms with Gasteiger partial charge in [0.1, 0.15) is 5.82 Å². The van der Waals surface area contributed by atoms with Crippen LogP contribution >= 0.6 is 0 Å². The number of hydrogen-bond donors (Lipinski definition) is 1. The number of carbonyl (C=O) groups excluding carboxylic acids is 1. The number of fused-ring (bicyclic) bond motifs is 1. The summed E-state index contributed by atoms with van der Waals surface area (Å²) >= 11 is 0. The van der Waals surface area contributed by atoms with Crippen molar-refractivity contribution in [2.75, 3.05) is 18.5 Å². The van der Waals surface area contributed by atoms with Crippen LogP contribution in [0.4, 0.5) is 10.1 Å². The molecule has 0 atom stereocenters. The van der Waals surface area contributed by atoms with Gasteiger partial charge in [-0.05, 0) is 48.4 Å². The molecule has 108 valence electrons. The molecule has 1 aliphatic heterocycles. The molecule has 0 aromatic heterocycles. The largest absolute Gasteiger partial charge is 0.312 e. The van der Waals surface area contributed by atoms with Crippen molar-refractivity contribution in [3.8, 4) is 0 Å². The second kappa shape index (κ2) is 5.66. The molecule has 0 unspecified atom stereocenters. The van der Waals surface area contributed by atoms with Gasteiger partial charge in [0.25, 0.3) is 5.91 Å². The molecular formula is C17H17FN2O. The normalized spacial score (nSPS) is 13.6. The molecule has 3 nitrogen and oxygen atoms in total. The maximum Gasteiger partial charge on any atom is 0.258 e. The number of anilines is 1. The van der Waals surface area contributed by atoms with E-state index in [4.69, 9.17) is 0 Å². The van der Waals surface area contributed by atoms with E-state index in [0.717, 1.165) is 25.1 Å². The molecule has 2 aromatic carbocycles. The van der Waals surface area contributed by atoms with Crippen LogP contribution in [0.1, 0.15) is 21.5 Å². The first-order valence-corrected chi connectivity index (χ1v) is 7.02. The Labute approximate surface area is 123 Å². The Bertz CT molecular complexity index is 684. The number of amides is 1. The Morgan fingerprint density at radius 1 is 1.19 bits per heavy atom. The van der Waals surface area contributed by atoms with Gasteiger partial charge >= 0.3 is 0 Å². The van der Waals surface area contributed by atoms with Crippen LogP contribution in [-0.2, 0) is 13.0 Å². The minimum atomic E-state index is -0.395. The SMILES string of the molecule is CN(C(=O)c1ccc2c(c1)CNCC2)c1ccccc1F. The van der Waals surface area contributed by atoms with E-state index < -0.39 is 5.82 Å². The molecule has 0 aliphatic carbocycles. The van der Waals surface area contributed by atoms with E-state index in [1.165, 1.54) is 16.5 Å². The maximum atomic E-state index is 13.8. The molecule has 1 N–H and O–H groups in total. The first kappa shape index (κ1) is 13.8. The van der Waals surface area contributed by atoms with Crippen molar-refractivity contribution < 1.29 is 9.18 Å². The minimum Gasteiger partial charge on any atom is -0.312 e. The van der Waals surface area contributed by atoms with E-state index >= 15 is 0 Å². The summed E-state index contributed by atoms with van der Waals surface area (Å²) in [6, 6.07) is 12.0. The lowest BCUT2D eigenvalue weighted by Gasteiger charge is -2.21. The quantitative estimate of drug-likeness (QED) is 0.919. The van der Waals surface area contributed by atoms with Crippen LogP contribution in [0.25, 0.3) is 0 Å². The predicted octanol–water partition coefficient (Wildman–Crippen LogP) is 2.75. The van der Waals surface area contributed by atoms with Crippen molar-refractivity contribution in [2.45, 2.75) is 13.0 Å². The van der Waals surface area contributed by atoms with E-state index in [1.54, 1.807) is 25.2 Å². The molecular weight excluding hydrogens is 267 g/mol. The molecule has 0 saturated carbocycles. The maximum absolute atomic E-state index is 13.8. The Morgan fingerprint density at radius 2 is 2.00 bits per heavy atom. The zero-order valence-electron chi connectivity index (χ0n) is 11.9. The lowest BCUT2D eigenvalue weighted by Crippen LogP contribution is -2.28. The lowest BCUT2D eigenvalue weighted by molar-refractivity contribution is 0.0992. The van der Waals surface area contributed by atoms with Gasteiger partial charge < -0.3 is 10.2 Å². The van der Waals surface area contributed by atoms with Gasteiger partial charge in [0, 0.05) is 19.2 Å². The number of hydrogen-bond acceptors (Lipinski definition) is 2. The fraction of sp³-hybridized carbons (Fsp3) is 0.235. The molecule has 1 amide bonds. The number of halogens is 1. The summed E-state index contributed by atoms with van der Waals surface area (Å²) in [5.74, 6) is -0.596. The molecule has 0 bridgehead atoms. The summed E-state index contributed by atoms with van der Waals surface area (Å²) in [6.45, 7) is 1.75. The molecule has 3 rings (SSSR count). The molecule has 1 aliphatic rings. The number of nitrogens with one attached hydrogen (secondary N) is 1. The van der Waals surface area contributed by atoms with Crippen molar-refractivity contribution in [3.05, 3.63) is 65.0 Å². The Hall–Kier alpha value is -2.20. The van der Waals surface area contributed by atoms with Crippen molar-refractivity contribution in [3.63, 3.8) is 0 Å². The van der Waals surface area contributed by atoms with Gasteiger partial charge in [0.15, 0.2) is 0 Å². The predicted molar refractivity (Wildman–Crippen MR) is 81.0 cm³/mol. The minimum absolute atomic E-state index is 0.200. The number of rotatable bonds is 2. The van der Waals surface area contributed by atoms with Gasteiger partial charge in [-0.15, -0.1) is 0 Å². The molecule has 1 heterocycles. The van der Waals surface area contributed by atoms with Crippen molar-refractivity contribution in [1.29, 1.82) is 0 Å². The molecule has 21 heavy (non-hydrogen) atoms. The van der Waals surface area contributed by atoms with Gasteiger partial charge in [-0.2, -0.15) is 0 Å². The summed E-state index contributed by atoms with van der Waals surface area (Å²) in [6.07, 6.45) is 0.979. The Morgan fingerprint density at radius 3 is 2.81 bits per heavy atom. The average molecular weight is 284 g/mol. The number of nitrogens with zero attached hydrogens (tertiary/aromatic N) is 1. The highest BCUT2D eigenvalue weighted by Crippen LogP contribution is 2.21. The van der Waals surface area contributed by atoms with Crippen LogP contribution in [0.5, 0.6) is 0 Å². The van der Waals surface area contributed by atoms with Gasteiger partial charge in [-0.25, -0.2) is 4.39 Å². The first-order valence-electron chi connectivity index (χ1n) is 7.02. The fourth-order valence-corrected chi connectivity index (χ4v) is 2.64. The summed E-state index contributed by atoms with van der Waals surface area (Å²) in [7, 11) is 1.60. The van der Waals surface area contributed by atoms with Crippen LogP contribution in [0.2, 0.25) is 0 Å². The number of benzene rings is 2. The highest BCUT2D eigenvalue weighted by atomic mass is 19.1. The van der Waals surface area contributed by atoms with E-state index in [0.29, 0.717) is 11.3 Å². The monoisotopic (exact) mass is 284 g/mol. The van der Waals surface area contributed by atoms with Crippen molar-refractivity contribution in [1.82, 2.24) is 5.32 Å². The third-order valence-corrected chi connectivity index (χ3v) is 3.86. The Balaban J connectivity index is 1.90. The summed E-state index contributed by atoms with van der Waals surface area (Å²) in [5, 5.41) is 3.29. The van der Waals surface area contributed by atoms with Crippen LogP contribution in [0.15, 0.2) is 42.5 Å². The first-order chi connectivity index (χ1) is 10.2. The van der Waals surface area contributed by atoms with Crippen LogP contribution in [0.3, 0.4) is 0 Å². The smallest absolute Gasteiger partial charge is 0.258 e.